The average molecular weight is 1540 g/mol. The van der Waals surface area contributed by atoms with Gasteiger partial charge in [-0.15, -0.1) is 0 Å². The maximum absolute atomic E-state index is 12.5. The molecule has 0 aliphatic rings. The Balaban J connectivity index is 0.000000396. The Morgan fingerprint density at radius 2 is 0.527 bits per heavy atom. The Hall–Kier alpha value is -8.08. The van der Waals surface area contributed by atoms with Gasteiger partial charge in [0.1, 0.15) is 13.1 Å². The molecule has 6 N–H and O–H groups in total. The molecule has 2 heterocycles. The third-order valence-corrected chi connectivity index (χ3v) is 18.3. The van der Waals surface area contributed by atoms with E-state index in [1.807, 2.05) is 13.8 Å². The number of benzene rings is 4. The van der Waals surface area contributed by atoms with Crippen molar-refractivity contribution < 1.29 is 75.8 Å². The highest BCUT2D eigenvalue weighted by molar-refractivity contribution is 5.93. The van der Waals surface area contributed by atoms with Crippen LogP contribution < -0.4 is 60.6 Å². The molecule has 2 aromatic heterocycles. The number of carbonyl (C=O) groups excluding carboxylic acids is 6. The van der Waals surface area contributed by atoms with Crippen molar-refractivity contribution >= 4 is 102 Å². The van der Waals surface area contributed by atoms with E-state index in [-0.39, 0.29) is 35.4 Å². The number of aryl methyl sites for hydroxylation is 2. The molecular weight excluding hydrogens is 1400 g/mol. The van der Waals surface area contributed by atoms with Crippen molar-refractivity contribution in [2.24, 2.45) is 0 Å². The molecule has 0 bridgehead atoms. The number of unbranched alkanes of at least 4 members (excludes halogenated alkanes) is 4. The van der Waals surface area contributed by atoms with Crippen LogP contribution in [0, 0.1) is 0 Å². The molecule has 0 aliphatic carbocycles. The Morgan fingerprint density at radius 3 is 0.809 bits per heavy atom. The van der Waals surface area contributed by atoms with Gasteiger partial charge < -0.3 is 89.4 Å². The first kappa shape index (κ1) is 92.5. The fraction of sp³-hybridized carbons (Fsp3) is 0.619. The summed E-state index contributed by atoms with van der Waals surface area (Å²) in [6.07, 6.45) is 12.0. The van der Waals surface area contributed by atoms with E-state index in [1.54, 1.807) is 0 Å². The molecule has 0 radical (unpaired) electrons. The second-order valence-electron chi connectivity index (χ2n) is 28.1. The zero-order valence-electron chi connectivity index (χ0n) is 68.2. The normalized spacial score (nSPS) is 11.2. The number of hydrogen-bond donors (Lipinski definition) is 6. The second-order valence-corrected chi connectivity index (χ2v) is 28.1. The molecule has 0 unspecified atom stereocenters. The van der Waals surface area contributed by atoms with Gasteiger partial charge in [-0.2, -0.15) is 9.13 Å². The van der Waals surface area contributed by atoms with Gasteiger partial charge in [-0.05, 0) is 139 Å². The van der Waals surface area contributed by atoms with E-state index in [0.29, 0.717) is 203 Å². The summed E-state index contributed by atoms with van der Waals surface area (Å²) in [5.74, 6) is -0.0273. The van der Waals surface area contributed by atoms with Crippen LogP contribution in [0.1, 0.15) is 129 Å². The molecule has 612 valence electrons. The van der Waals surface area contributed by atoms with E-state index in [0.717, 1.165) is 70.9 Å². The van der Waals surface area contributed by atoms with Crippen LogP contribution in [0.4, 0.5) is 22.7 Å². The summed E-state index contributed by atoms with van der Waals surface area (Å²) < 4.78 is 48.9. The highest BCUT2D eigenvalue weighted by atomic mass is 16.6. The molecule has 0 atom stereocenters. The van der Waals surface area contributed by atoms with Gasteiger partial charge in [-0.25, -0.2) is 0 Å². The quantitative estimate of drug-likeness (QED) is 0.0118. The molecule has 26 nitrogen and oxygen atoms in total. The Bertz CT molecular complexity index is 3500. The number of amides is 6. The number of nitrogens with one attached hydrogen (secondary N) is 6. The van der Waals surface area contributed by atoms with Crippen molar-refractivity contribution in [2.45, 2.75) is 143 Å². The predicted molar refractivity (Wildman–Crippen MR) is 440 cm³/mol. The van der Waals surface area contributed by atoms with Gasteiger partial charge in [0.05, 0.1) is 72.7 Å². The molecule has 0 saturated heterocycles. The van der Waals surface area contributed by atoms with Crippen molar-refractivity contribution in [3.8, 4) is 0 Å². The number of pyridine rings is 2. The maximum Gasteiger partial charge on any atom is 0.220 e. The standard InChI is InChI=1S/C44H70N6O8.C40H62N6O6/c1-6-54-27-28-57-26-22-47-44(53)15-10-14-43(52)46-21-12-25-56-30-32-58-31-29-55-24-11-20-45-42(51)13-8-7-9-23-50-40-34-38(48(2)3)18-16-36(40)33-37-17-19-39(49(4)5)35-41(37)50;1-6-41-38(47)14-10-15-40(49)43-21-12-24-51-26-28-52-27-25-50-23-11-20-42-39(48)13-8-7-9-22-46-36-30-34(44(2)3)18-16-32(36)29-33-17-19-35(45(4)5)31-37(33)46/h16-19,33-35H,6-15,20-32H2,1-5H3,(H2-,45,46,47,51,52,53);16-19,29-31H,6-15,20-28H2,1-5H3,(H2-,41,42,43,47,48,49)/p+2. The zero-order chi connectivity index (χ0) is 79.4. The topological polar surface area (TPSA) is 269 Å². The van der Waals surface area contributed by atoms with Crippen LogP contribution in [0.5, 0.6) is 0 Å². The van der Waals surface area contributed by atoms with Gasteiger partial charge in [-0.1, -0.05) is 0 Å². The summed E-state index contributed by atoms with van der Waals surface area (Å²) in [6.45, 7) is 17.1. The van der Waals surface area contributed by atoms with Gasteiger partial charge in [0.15, 0.2) is 0 Å². The summed E-state index contributed by atoms with van der Waals surface area (Å²) in [7, 11) is 16.6. The van der Waals surface area contributed by atoms with Crippen molar-refractivity contribution in [3.05, 3.63) is 84.9 Å². The maximum atomic E-state index is 12.5. The number of nitrogens with zero attached hydrogens (tertiary/aromatic N) is 6. The second kappa shape index (κ2) is 56.2. The Morgan fingerprint density at radius 1 is 0.273 bits per heavy atom. The van der Waals surface area contributed by atoms with Crippen LogP contribution in [-0.2, 0) is 79.8 Å². The first-order chi connectivity index (χ1) is 53.4. The number of ether oxygens (including phenoxy) is 8. The van der Waals surface area contributed by atoms with Gasteiger partial charge in [0.25, 0.3) is 0 Å². The summed E-state index contributed by atoms with van der Waals surface area (Å²) in [6, 6.07) is 31.1. The lowest BCUT2D eigenvalue weighted by Gasteiger charge is -2.15. The molecular formula is C84H134N12O14+2. The van der Waals surface area contributed by atoms with Crippen molar-refractivity contribution in [1.29, 1.82) is 0 Å². The summed E-state index contributed by atoms with van der Waals surface area (Å²) >= 11 is 0. The van der Waals surface area contributed by atoms with Crippen LogP contribution in [0.2, 0.25) is 0 Å². The average Bonchev–Trinajstić information content (AvgIpc) is 0.771. The number of fused-ring (bicyclic) bond motifs is 4. The van der Waals surface area contributed by atoms with Crippen LogP contribution in [0.25, 0.3) is 43.6 Å². The minimum absolute atomic E-state index is 0.0173. The Kier molecular flexibility index (Phi) is 47.3. The van der Waals surface area contributed by atoms with Crippen molar-refractivity contribution in [1.82, 2.24) is 31.9 Å². The number of rotatable bonds is 60. The van der Waals surface area contributed by atoms with Crippen LogP contribution in [-0.4, -0.2) is 237 Å². The number of hydrogen-bond acceptors (Lipinski definition) is 18. The third kappa shape index (κ3) is 38.2. The number of anilines is 4. The van der Waals surface area contributed by atoms with E-state index in [1.165, 1.54) is 66.4 Å². The summed E-state index contributed by atoms with van der Waals surface area (Å²) in [5.41, 5.74) is 9.61. The lowest BCUT2D eigenvalue weighted by atomic mass is 10.1. The molecule has 26 heteroatoms. The minimum Gasteiger partial charge on any atom is -0.379 e. The van der Waals surface area contributed by atoms with Crippen LogP contribution >= 0.6 is 0 Å². The Labute approximate surface area is 654 Å². The molecule has 6 aromatic rings. The molecule has 110 heavy (non-hydrogen) atoms. The molecule has 0 spiro atoms. The van der Waals surface area contributed by atoms with Crippen LogP contribution in [0.3, 0.4) is 0 Å². The summed E-state index contributed by atoms with van der Waals surface area (Å²) in [4.78, 5) is 80.5. The largest absolute Gasteiger partial charge is 0.379 e. The molecule has 6 rings (SSSR count). The van der Waals surface area contributed by atoms with Crippen molar-refractivity contribution in [3.63, 3.8) is 0 Å². The molecule has 0 fully saturated rings. The smallest absolute Gasteiger partial charge is 0.220 e. The zero-order valence-corrected chi connectivity index (χ0v) is 68.2. The van der Waals surface area contributed by atoms with Crippen LogP contribution in [0.15, 0.2) is 84.9 Å². The predicted octanol–water partition coefficient (Wildman–Crippen LogP) is 8.72. The minimum atomic E-state index is -0.0813. The molecule has 4 aromatic carbocycles. The van der Waals surface area contributed by atoms with Gasteiger partial charge in [0.2, 0.25) is 57.5 Å². The molecule has 0 saturated carbocycles. The van der Waals surface area contributed by atoms with E-state index in [9.17, 15) is 28.8 Å². The van der Waals surface area contributed by atoms with E-state index in [2.05, 4.69) is 202 Å². The molecule has 0 aliphatic heterocycles. The lowest BCUT2D eigenvalue weighted by molar-refractivity contribution is -0.646. The fourth-order valence-electron chi connectivity index (χ4n) is 12.1. The van der Waals surface area contributed by atoms with E-state index >= 15 is 0 Å². The first-order valence-corrected chi connectivity index (χ1v) is 40.1. The number of aromatic nitrogens is 2. The lowest BCUT2D eigenvalue weighted by Crippen LogP contribution is -2.36. The van der Waals surface area contributed by atoms with E-state index < -0.39 is 0 Å². The van der Waals surface area contributed by atoms with Gasteiger partial charge >= 0.3 is 0 Å². The van der Waals surface area contributed by atoms with Gasteiger partial charge in [-0.3, -0.25) is 28.8 Å². The highest BCUT2D eigenvalue weighted by Crippen LogP contribution is 2.28. The summed E-state index contributed by atoms with van der Waals surface area (Å²) in [5, 5.41) is 22.2. The molecule has 6 amide bonds. The highest BCUT2D eigenvalue weighted by Gasteiger charge is 2.21. The first-order valence-electron chi connectivity index (χ1n) is 40.1. The van der Waals surface area contributed by atoms with Crippen molar-refractivity contribution in [2.75, 3.05) is 221 Å². The van der Waals surface area contributed by atoms with E-state index in [4.69, 9.17) is 37.9 Å². The number of carbonyl (C=O) groups is 6. The fourth-order valence-corrected chi connectivity index (χ4v) is 12.1. The third-order valence-electron chi connectivity index (χ3n) is 18.3. The SMILES string of the molecule is CCNC(=O)CCCC(=O)NCCCOCCOCCOCCCNC(=O)CCCCC[n+]1c2cc(N(C)C)ccc2cc2ccc(N(C)C)cc21.CCOCCOCCNC(=O)CCCC(=O)NCCCOCCOCCOCCCNC(=O)CCCCC[n+]1c2cc(N(C)C)ccc2cc2ccc(N(C)C)cc21. The van der Waals surface area contributed by atoms with Gasteiger partial charge in [0, 0.05) is 249 Å². The monoisotopic (exact) mass is 1540 g/mol.